The molecule has 4 nitrogen and oxygen atoms in total. The van der Waals surface area contributed by atoms with Crippen LogP contribution in [0.4, 0.5) is 13.2 Å². The first kappa shape index (κ1) is 13.8. The van der Waals surface area contributed by atoms with E-state index < -0.39 is 18.7 Å². The van der Waals surface area contributed by atoms with Crippen molar-refractivity contribution in [2.24, 2.45) is 0 Å². The predicted molar refractivity (Wildman–Crippen MR) is 53.6 cm³/mol. The summed E-state index contributed by atoms with van der Waals surface area (Å²) in [6.07, 6.45) is -4.85. The number of hydrogen-bond acceptors (Lipinski definition) is 2. The summed E-state index contributed by atoms with van der Waals surface area (Å²) in [6.45, 7) is -1.65. The second kappa shape index (κ2) is 4.55. The quantitative estimate of drug-likeness (QED) is 0.686. The Labute approximate surface area is 95.5 Å². The molecule has 0 aromatic heterocycles. The molecular formula is C7H11ClF3N2O2P. The van der Waals surface area contributed by atoms with Crippen LogP contribution >= 0.6 is 17.9 Å². The Kier molecular flexibility index (Phi) is 3.92. The van der Waals surface area contributed by atoms with E-state index >= 15 is 0 Å². The lowest BCUT2D eigenvalue weighted by molar-refractivity contribution is -0.186. The maximum absolute atomic E-state index is 12.1. The van der Waals surface area contributed by atoms with E-state index in [1.54, 1.807) is 0 Å². The molecule has 0 aromatic rings. The Bertz CT molecular complexity index is 322. The molecule has 0 bridgehead atoms. The maximum atomic E-state index is 12.1. The average molecular weight is 279 g/mol. The van der Waals surface area contributed by atoms with Crippen LogP contribution in [-0.4, -0.2) is 54.5 Å². The number of halogens is 4. The molecule has 1 aliphatic heterocycles. The first-order valence-electron chi connectivity index (χ1n) is 4.51. The van der Waals surface area contributed by atoms with E-state index in [0.717, 1.165) is 0 Å². The fourth-order valence-corrected chi connectivity index (χ4v) is 2.78. The summed E-state index contributed by atoms with van der Waals surface area (Å²) in [5.41, 5.74) is 0. The zero-order valence-electron chi connectivity index (χ0n) is 8.50. The van der Waals surface area contributed by atoms with Crippen molar-refractivity contribution >= 4 is 23.8 Å². The zero-order valence-corrected chi connectivity index (χ0v) is 10.1. The van der Waals surface area contributed by atoms with Gasteiger partial charge in [0.1, 0.15) is 0 Å². The molecule has 0 radical (unpaired) electrons. The highest BCUT2D eigenvalue weighted by Crippen LogP contribution is 2.51. The molecule has 1 rings (SSSR count). The van der Waals surface area contributed by atoms with E-state index in [1.165, 1.54) is 11.3 Å². The van der Waals surface area contributed by atoms with Gasteiger partial charge in [0.15, 0.2) is 0 Å². The van der Waals surface area contributed by atoms with Gasteiger partial charge < -0.3 is 4.90 Å². The van der Waals surface area contributed by atoms with Crippen LogP contribution in [0.15, 0.2) is 0 Å². The van der Waals surface area contributed by atoms with Crippen LogP contribution in [0, 0.1) is 0 Å². The van der Waals surface area contributed by atoms with E-state index in [-0.39, 0.29) is 26.2 Å². The topological polar surface area (TPSA) is 40.6 Å². The fourth-order valence-electron chi connectivity index (χ4n) is 1.44. The molecule has 1 heterocycles. The van der Waals surface area contributed by atoms with Crippen molar-refractivity contribution in [2.75, 3.05) is 32.8 Å². The van der Waals surface area contributed by atoms with E-state index in [1.807, 2.05) is 0 Å². The Balaban J connectivity index is 2.56. The standard InChI is InChI=1S/C7H11ClF3N2O2P/c1-16(8,15)13-4-2-12(3-5-13)6(14)7(9,10)11/h2-5H2,1H3. The van der Waals surface area contributed by atoms with Crippen molar-refractivity contribution in [3.63, 3.8) is 0 Å². The van der Waals surface area contributed by atoms with Crippen LogP contribution < -0.4 is 0 Å². The van der Waals surface area contributed by atoms with E-state index in [2.05, 4.69) is 0 Å². The van der Waals surface area contributed by atoms with Crippen molar-refractivity contribution in [3.05, 3.63) is 0 Å². The number of nitrogens with zero attached hydrogens (tertiary/aromatic N) is 2. The molecule has 1 unspecified atom stereocenters. The second-order valence-electron chi connectivity index (χ2n) is 3.52. The molecule has 0 N–H and O–H groups in total. The number of hydrogen-bond donors (Lipinski definition) is 0. The minimum Gasteiger partial charge on any atom is -0.332 e. The largest absolute Gasteiger partial charge is 0.471 e. The molecule has 0 aliphatic carbocycles. The van der Waals surface area contributed by atoms with Gasteiger partial charge in [0.05, 0.1) is 0 Å². The average Bonchev–Trinajstić information content (AvgIpc) is 2.14. The van der Waals surface area contributed by atoms with Gasteiger partial charge >= 0.3 is 12.1 Å². The summed E-state index contributed by atoms with van der Waals surface area (Å²) < 4.78 is 49.0. The number of carbonyl (C=O) groups is 1. The summed E-state index contributed by atoms with van der Waals surface area (Å²) in [4.78, 5) is 11.6. The van der Waals surface area contributed by atoms with Gasteiger partial charge in [-0.2, -0.15) is 13.2 Å². The third-order valence-corrected chi connectivity index (χ3v) is 4.34. The van der Waals surface area contributed by atoms with Gasteiger partial charge in [-0.05, 0) is 11.2 Å². The Morgan fingerprint density at radius 2 is 1.69 bits per heavy atom. The third-order valence-electron chi connectivity index (χ3n) is 2.29. The van der Waals surface area contributed by atoms with Gasteiger partial charge in [0, 0.05) is 32.8 Å². The van der Waals surface area contributed by atoms with E-state index in [4.69, 9.17) is 11.2 Å². The van der Waals surface area contributed by atoms with Crippen LogP contribution in [0.5, 0.6) is 0 Å². The monoisotopic (exact) mass is 278 g/mol. The van der Waals surface area contributed by atoms with Gasteiger partial charge in [-0.15, -0.1) is 0 Å². The minimum atomic E-state index is -4.85. The lowest BCUT2D eigenvalue weighted by Crippen LogP contribution is -2.51. The van der Waals surface area contributed by atoms with Gasteiger partial charge in [0.2, 0.25) is 6.65 Å². The summed E-state index contributed by atoms with van der Waals surface area (Å²) >= 11 is 5.58. The molecule has 1 aliphatic rings. The molecule has 9 heteroatoms. The normalized spacial score (nSPS) is 22.9. The molecule has 94 valence electrons. The van der Waals surface area contributed by atoms with Gasteiger partial charge in [0.25, 0.3) is 0 Å². The van der Waals surface area contributed by atoms with Crippen LogP contribution in [0.3, 0.4) is 0 Å². The molecule has 1 amide bonds. The van der Waals surface area contributed by atoms with Crippen LogP contribution in [0.25, 0.3) is 0 Å². The zero-order chi connectivity index (χ0) is 12.6. The van der Waals surface area contributed by atoms with Crippen molar-refractivity contribution in [1.29, 1.82) is 0 Å². The van der Waals surface area contributed by atoms with Crippen LogP contribution in [0.2, 0.25) is 0 Å². The lowest BCUT2D eigenvalue weighted by atomic mass is 10.3. The predicted octanol–water partition coefficient (Wildman–Crippen LogP) is 1.75. The van der Waals surface area contributed by atoms with Gasteiger partial charge in [-0.25, -0.2) is 4.67 Å². The highest BCUT2D eigenvalue weighted by atomic mass is 35.7. The van der Waals surface area contributed by atoms with Crippen molar-refractivity contribution < 1.29 is 22.5 Å². The Hall–Kier alpha value is -0.260. The number of rotatable bonds is 1. The van der Waals surface area contributed by atoms with Crippen molar-refractivity contribution in [3.8, 4) is 0 Å². The van der Waals surface area contributed by atoms with E-state index in [0.29, 0.717) is 4.90 Å². The van der Waals surface area contributed by atoms with Crippen molar-refractivity contribution in [2.45, 2.75) is 6.18 Å². The Morgan fingerprint density at radius 1 is 1.25 bits per heavy atom. The molecular weight excluding hydrogens is 268 g/mol. The number of alkyl halides is 3. The maximum Gasteiger partial charge on any atom is 0.471 e. The highest BCUT2D eigenvalue weighted by molar-refractivity contribution is 7.86. The molecule has 0 aromatic carbocycles. The summed E-state index contributed by atoms with van der Waals surface area (Å²) in [5.74, 6) is -1.85. The summed E-state index contributed by atoms with van der Waals surface area (Å²) in [7, 11) is 0. The van der Waals surface area contributed by atoms with E-state index in [9.17, 15) is 22.5 Å². The SMILES string of the molecule is CP(=O)(Cl)N1CCN(C(=O)C(F)(F)F)CC1. The Morgan fingerprint density at radius 3 is 2.00 bits per heavy atom. The first-order chi connectivity index (χ1) is 7.12. The van der Waals surface area contributed by atoms with Crippen LogP contribution in [0.1, 0.15) is 0 Å². The first-order valence-corrected chi connectivity index (χ1v) is 7.52. The molecule has 16 heavy (non-hydrogen) atoms. The number of piperazine rings is 1. The van der Waals surface area contributed by atoms with Gasteiger partial charge in [-0.1, -0.05) is 0 Å². The number of carbonyl (C=O) groups excluding carboxylic acids is 1. The lowest BCUT2D eigenvalue weighted by Gasteiger charge is -2.35. The molecule has 0 saturated carbocycles. The van der Waals surface area contributed by atoms with Crippen molar-refractivity contribution in [1.82, 2.24) is 9.57 Å². The molecule has 1 atom stereocenters. The third kappa shape index (κ3) is 3.37. The minimum absolute atomic E-state index is 0.0963. The summed E-state index contributed by atoms with van der Waals surface area (Å²) in [5, 5.41) is 0. The second-order valence-corrected chi connectivity index (χ2v) is 7.52. The summed E-state index contributed by atoms with van der Waals surface area (Å²) in [6, 6.07) is 0. The molecule has 1 fully saturated rings. The fraction of sp³-hybridized carbons (Fsp3) is 0.857. The number of amides is 1. The van der Waals surface area contributed by atoms with Crippen LogP contribution in [-0.2, 0) is 9.36 Å². The highest BCUT2D eigenvalue weighted by Gasteiger charge is 2.43. The van der Waals surface area contributed by atoms with Gasteiger partial charge in [-0.3, -0.25) is 9.36 Å². The smallest absolute Gasteiger partial charge is 0.332 e. The molecule has 0 spiro atoms. The molecule has 1 saturated heterocycles.